The van der Waals surface area contributed by atoms with Crippen molar-refractivity contribution < 1.29 is 22.7 Å². The third-order valence-corrected chi connectivity index (χ3v) is 3.85. The lowest BCUT2D eigenvalue weighted by Crippen LogP contribution is -2.32. The van der Waals surface area contributed by atoms with E-state index in [2.05, 4.69) is 5.32 Å². The smallest absolute Gasteiger partial charge is 0.378 e. The van der Waals surface area contributed by atoms with Crippen LogP contribution in [0.2, 0.25) is 0 Å². The van der Waals surface area contributed by atoms with Crippen molar-refractivity contribution in [2.45, 2.75) is 38.0 Å². The second-order valence-electron chi connectivity index (χ2n) is 5.70. The Morgan fingerprint density at radius 2 is 2.04 bits per heavy atom. The molecule has 0 aliphatic carbocycles. The average Bonchev–Trinajstić information content (AvgIpc) is 3.00. The van der Waals surface area contributed by atoms with Gasteiger partial charge in [0.1, 0.15) is 0 Å². The molecule has 1 saturated heterocycles. The topological polar surface area (TPSA) is 41.6 Å². The number of carbonyl (C=O) groups excluding carboxylic acids is 1. The third kappa shape index (κ3) is 5.42. The fraction of sp³-hybridized carbons (Fsp3) is 0.562. The van der Waals surface area contributed by atoms with E-state index in [0.717, 1.165) is 44.4 Å². The van der Waals surface area contributed by atoms with Crippen molar-refractivity contribution >= 4 is 11.7 Å². The molecule has 1 heterocycles. The van der Waals surface area contributed by atoms with E-state index >= 15 is 0 Å². The molecular weight excluding hydrogens is 309 g/mol. The van der Waals surface area contributed by atoms with Crippen molar-refractivity contribution in [3.8, 4) is 0 Å². The molecule has 1 N–H and O–H groups in total. The molecule has 2 amide bonds. The Morgan fingerprint density at radius 1 is 1.35 bits per heavy atom. The molecule has 1 aromatic carbocycles. The molecule has 128 valence electrons. The van der Waals surface area contributed by atoms with E-state index in [1.165, 1.54) is 17.0 Å². The van der Waals surface area contributed by atoms with Gasteiger partial charge in [-0.3, -0.25) is 0 Å². The molecule has 0 bridgehead atoms. The Hall–Kier alpha value is -1.76. The molecule has 0 saturated carbocycles. The maximum Gasteiger partial charge on any atom is 0.416 e. The van der Waals surface area contributed by atoms with Crippen LogP contribution in [0.4, 0.5) is 23.7 Å². The summed E-state index contributed by atoms with van der Waals surface area (Å²) in [5.41, 5.74) is -0.394. The Bertz CT molecular complexity index is 511. The number of benzene rings is 1. The average molecular weight is 330 g/mol. The van der Waals surface area contributed by atoms with Crippen molar-refractivity contribution in [3.63, 3.8) is 0 Å². The number of carbonyl (C=O) groups is 1. The highest BCUT2D eigenvalue weighted by Crippen LogP contribution is 2.29. The number of nitrogens with one attached hydrogen (secondary N) is 1. The van der Waals surface area contributed by atoms with Crippen LogP contribution in [0.15, 0.2) is 24.3 Å². The van der Waals surface area contributed by atoms with Crippen LogP contribution in [0.3, 0.4) is 0 Å². The minimum atomic E-state index is -4.37. The van der Waals surface area contributed by atoms with Crippen molar-refractivity contribution in [2.24, 2.45) is 0 Å². The molecule has 1 atom stereocenters. The van der Waals surface area contributed by atoms with Gasteiger partial charge in [0.05, 0.1) is 11.7 Å². The number of nitrogens with zero attached hydrogens (tertiary/aromatic N) is 1. The molecule has 0 radical (unpaired) electrons. The predicted octanol–water partition coefficient (Wildman–Crippen LogP) is 4.13. The van der Waals surface area contributed by atoms with Gasteiger partial charge in [-0.2, -0.15) is 13.2 Å². The molecule has 0 aromatic heterocycles. The summed E-state index contributed by atoms with van der Waals surface area (Å²) in [4.78, 5) is 13.5. The fourth-order valence-corrected chi connectivity index (χ4v) is 2.49. The van der Waals surface area contributed by atoms with Gasteiger partial charge in [-0.25, -0.2) is 4.79 Å². The van der Waals surface area contributed by atoms with Crippen LogP contribution < -0.4 is 5.32 Å². The minimum Gasteiger partial charge on any atom is -0.378 e. The molecule has 0 unspecified atom stereocenters. The zero-order valence-electron chi connectivity index (χ0n) is 13.0. The van der Waals surface area contributed by atoms with E-state index < -0.39 is 11.7 Å². The van der Waals surface area contributed by atoms with Crippen LogP contribution in [0.5, 0.6) is 0 Å². The SMILES string of the molecule is CN(CCC[C@@H]1CCCO1)C(=O)Nc1ccc(C(F)(F)F)cc1. The predicted molar refractivity (Wildman–Crippen MR) is 81.3 cm³/mol. The molecule has 2 rings (SSSR count). The highest BCUT2D eigenvalue weighted by atomic mass is 19.4. The zero-order chi connectivity index (χ0) is 16.9. The number of anilines is 1. The van der Waals surface area contributed by atoms with Gasteiger partial charge in [-0.05, 0) is 49.9 Å². The molecule has 1 aliphatic heterocycles. The second-order valence-corrected chi connectivity index (χ2v) is 5.70. The first-order valence-electron chi connectivity index (χ1n) is 7.67. The Morgan fingerprint density at radius 3 is 2.61 bits per heavy atom. The van der Waals surface area contributed by atoms with Gasteiger partial charge in [-0.15, -0.1) is 0 Å². The summed E-state index contributed by atoms with van der Waals surface area (Å²) in [6, 6.07) is 4.07. The quantitative estimate of drug-likeness (QED) is 0.882. The number of amides is 2. The van der Waals surface area contributed by atoms with Gasteiger partial charge < -0.3 is 15.0 Å². The van der Waals surface area contributed by atoms with Crippen LogP contribution in [0, 0.1) is 0 Å². The summed E-state index contributed by atoms with van der Waals surface area (Å²) in [6.07, 6.45) is -0.168. The normalized spacial score (nSPS) is 18.0. The second kappa shape index (κ2) is 7.68. The lowest BCUT2D eigenvalue weighted by molar-refractivity contribution is -0.137. The molecule has 1 aliphatic rings. The van der Waals surface area contributed by atoms with Crippen molar-refractivity contribution in [1.82, 2.24) is 4.90 Å². The van der Waals surface area contributed by atoms with E-state index in [0.29, 0.717) is 18.3 Å². The zero-order valence-corrected chi connectivity index (χ0v) is 13.0. The van der Waals surface area contributed by atoms with Gasteiger partial charge in [-0.1, -0.05) is 0 Å². The van der Waals surface area contributed by atoms with Crippen LogP contribution in [-0.4, -0.2) is 37.2 Å². The number of halogens is 3. The van der Waals surface area contributed by atoms with Crippen LogP contribution >= 0.6 is 0 Å². The molecule has 1 fully saturated rings. The van der Waals surface area contributed by atoms with E-state index in [1.807, 2.05) is 0 Å². The van der Waals surface area contributed by atoms with Crippen LogP contribution in [0.1, 0.15) is 31.2 Å². The van der Waals surface area contributed by atoms with Crippen LogP contribution in [0.25, 0.3) is 0 Å². The Kier molecular flexibility index (Phi) is 5.87. The minimum absolute atomic E-state index is 0.293. The Balaban J connectivity index is 1.76. The molecular formula is C16H21F3N2O2. The number of hydrogen-bond acceptors (Lipinski definition) is 2. The summed E-state index contributed by atoms with van der Waals surface area (Å²) >= 11 is 0. The molecule has 4 nitrogen and oxygen atoms in total. The maximum atomic E-state index is 12.5. The summed E-state index contributed by atoms with van der Waals surface area (Å²) < 4.78 is 42.9. The van der Waals surface area contributed by atoms with Gasteiger partial charge in [0.15, 0.2) is 0 Å². The number of rotatable bonds is 5. The summed E-state index contributed by atoms with van der Waals surface area (Å²) in [6.45, 7) is 1.39. The van der Waals surface area contributed by atoms with Gasteiger partial charge in [0.25, 0.3) is 0 Å². The lowest BCUT2D eigenvalue weighted by Gasteiger charge is -2.19. The van der Waals surface area contributed by atoms with Crippen LogP contribution in [-0.2, 0) is 10.9 Å². The molecule has 0 spiro atoms. The van der Waals surface area contributed by atoms with Crippen molar-refractivity contribution in [1.29, 1.82) is 0 Å². The van der Waals surface area contributed by atoms with Gasteiger partial charge >= 0.3 is 12.2 Å². The maximum absolute atomic E-state index is 12.5. The van der Waals surface area contributed by atoms with Crippen molar-refractivity contribution in [2.75, 3.05) is 25.5 Å². The van der Waals surface area contributed by atoms with E-state index in [-0.39, 0.29) is 6.03 Å². The molecule has 1 aromatic rings. The number of urea groups is 1. The first-order valence-corrected chi connectivity index (χ1v) is 7.67. The Labute approximate surface area is 133 Å². The highest BCUT2D eigenvalue weighted by molar-refractivity contribution is 5.89. The molecule has 23 heavy (non-hydrogen) atoms. The van der Waals surface area contributed by atoms with Crippen molar-refractivity contribution in [3.05, 3.63) is 29.8 Å². The molecule has 7 heteroatoms. The largest absolute Gasteiger partial charge is 0.416 e. The first-order chi connectivity index (χ1) is 10.9. The highest BCUT2D eigenvalue weighted by Gasteiger charge is 2.30. The lowest BCUT2D eigenvalue weighted by atomic mass is 10.1. The number of hydrogen-bond donors (Lipinski definition) is 1. The monoisotopic (exact) mass is 330 g/mol. The summed E-state index contributed by atoms with van der Waals surface area (Å²) in [7, 11) is 1.66. The standard InChI is InChI=1S/C16H21F3N2O2/c1-21(10-2-4-14-5-3-11-23-14)15(22)20-13-8-6-12(7-9-13)16(17,18)19/h6-9,14H,2-5,10-11H2,1H3,(H,20,22)/t14-/m1/s1. The van der Waals surface area contributed by atoms with E-state index in [9.17, 15) is 18.0 Å². The van der Waals surface area contributed by atoms with Gasteiger partial charge in [0, 0.05) is 25.9 Å². The van der Waals surface area contributed by atoms with Gasteiger partial charge in [0.2, 0.25) is 0 Å². The fourth-order valence-electron chi connectivity index (χ4n) is 2.49. The summed E-state index contributed by atoms with van der Waals surface area (Å²) in [5.74, 6) is 0. The summed E-state index contributed by atoms with van der Waals surface area (Å²) in [5, 5.41) is 2.59. The number of ether oxygens (including phenoxy) is 1. The number of alkyl halides is 3. The van der Waals surface area contributed by atoms with E-state index in [1.54, 1.807) is 7.05 Å². The third-order valence-electron chi connectivity index (χ3n) is 3.85. The van der Waals surface area contributed by atoms with E-state index in [4.69, 9.17) is 4.74 Å². The first kappa shape index (κ1) is 17.6.